The number of nitrogens with one attached hydrogen (secondary N) is 1. The van der Waals surface area contributed by atoms with E-state index in [1.807, 2.05) is 0 Å². The van der Waals surface area contributed by atoms with Gasteiger partial charge in [-0.05, 0) is 37.0 Å². The van der Waals surface area contributed by atoms with Crippen molar-refractivity contribution in [1.82, 2.24) is 0 Å². The van der Waals surface area contributed by atoms with E-state index in [0.717, 1.165) is 0 Å². The third-order valence-electron chi connectivity index (χ3n) is 3.94. The van der Waals surface area contributed by atoms with Gasteiger partial charge < -0.3 is 10.4 Å². The van der Waals surface area contributed by atoms with Gasteiger partial charge in [-0.2, -0.15) is 0 Å². The minimum atomic E-state index is -0.943. The second-order valence-corrected chi connectivity index (χ2v) is 5.02. The molecule has 0 bridgehead atoms. The quantitative estimate of drug-likeness (QED) is 0.842. The predicted molar refractivity (Wildman–Crippen MR) is 62.0 cm³/mol. The Bertz CT molecular complexity index is 578. The molecule has 94 valence electrons. The Morgan fingerprint density at radius 1 is 1.50 bits per heavy atom. The monoisotopic (exact) mass is 249 g/mol. The van der Waals surface area contributed by atoms with Gasteiger partial charge in [0, 0.05) is 0 Å². The average Bonchev–Trinajstić information content (AvgIpc) is 3.06. The molecule has 1 aliphatic carbocycles. The van der Waals surface area contributed by atoms with Crippen molar-refractivity contribution in [3.63, 3.8) is 0 Å². The Kier molecular flexibility index (Phi) is 2.06. The molecule has 1 unspecified atom stereocenters. The zero-order valence-electron chi connectivity index (χ0n) is 9.79. The van der Waals surface area contributed by atoms with Gasteiger partial charge in [0.15, 0.2) is 0 Å². The van der Waals surface area contributed by atoms with Crippen LogP contribution in [0.4, 0.5) is 10.1 Å². The lowest BCUT2D eigenvalue weighted by molar-refractivity contribution is -0.140. The number of hydrogen-bond donors (Lipinski definition) is 2. The fraction of sp³-hybridized carbons (Fsp3) is 0.385. The Morgan fingerprint density at radius 3 is 2.72 bits per heavy atom. The van der Waals surface area contributed by atoms with E-state index in [4.69, 9.17) is 0 Å². The highest BCUT2D eigenvalue weighted by molar-refractivity contribution is 6.03. The molecule has 3 rings (SSSR count). The molecule has 1 aromatic rings. The fourth-order valence-electron chi connectivity index (χ4n) is 2.50. The van der Waals surface area contributed by atoms with Crippen LogP contribution in [-0.2, 0) is 15.0 Å². The molecule has 1 saturated carbocycles. The van der Waals surface area contributed by atoms with Crippen molar-refractivity contribution in [2.45, 2.75) is 31.1 Å². The number of halogens is 1. The van der Waals surface area contributed by atoms with E-state index in [2.05, 4.69) is 5.32 Å². The highest BCUT2D eigenvalue weighted by atomic mass is 19.1. The van der Waals surface area contributed by atoms with Crippen LogP contribution in [-0.4, -0.2) is 17.0 Å². The summed E-state index contributed by atoms with van der Waals surface area (Å²) in [5, 5.41) is 11.7. The number of rotatable bonds is 2. The van der Waals surface area contributed by atoms with Crippen LogP contribution in [0.1, 0.15) is 36.8 Å². The molecule has 0 spiro atoms. The van der Waals surface area contributed by atoms with E-state index in [0.29, 0.717) is 24.0 Å². The van der Waals surface area contributed by atoms with E-state index in [9.17, 15) is 19.1 Å². The zero-order valence-corrected chi connectivity index (χ0v) is 9.79. The van der Waals surface area contributed by atoms with Gasteiger partial charge in [0.1, 0.15) is 5.82 Å². The smallest absolute Gasteiger partial charge is 0.314 e. The van der Waals surface area contributed by atoms with Gasteiger partial charge in [-0.25, -0.2) is 4.39 Å². The summed E-state index contributed by atoms with van der Waals surface area (Å²) in [6.45, 7) is 1.69. The van der Waals surface area contributed by atoms with Crippen molar-refractivity contribution in [2.75, 3.05) is 5.32 Å². The Hall–Kier alpha value is -1.91. The van der Waals surface area contributed by atoms with E-state index in [1.165, 1.54) is 6.07 Å². The van der Waals surface area contributed by atoms with Crippen LogP contribution in [0.15, 0.2) is 12.1 Å². The van der Waals surface area contributed by atoms with E-state index < -0.39 is 23.1 Å². The Balaban J connectivity index is 2.14. The molecule has 2 aliphatic rings. The summed E-state index contributed by atoms with van der Waals surface area (Å²) in [7, 11) is 0. The highest BCUT2D eigenvalue weighted by Gasteiger charge is 2.52. The molecule has 1 aliphatic heterocycles. The first-order chi connectivity index (χ1) is 8.45. The maximum Gasteiger partial charge on any atom is 0.314 e. The predicted octanol–water partition coefficient (Wildman–Crippen LogP) is 2.00. The van der Waals surface area contributed by atoms with Gasteiger partial charge in [-0.1, -0.05) is 6.07 Å². The third kappa shape index (κ3) is 1.30. The molecular formula is C13H12FNO3. The van der Waals surface area contributed by atoms with Gasteiger partial charge >= 0.3 is 5.97 Å². The van der Waals surface area contributed by atoms with Gasteiger partial charge in [0.25, 0.3) is 0 Å². The van der Waals surface area contributed by atoms with Crippen LogP contribution in [0.5, 0.6) is 0 Å². The summed E-state index contributed by atoms with van der Waals surface area (Å²) in [5.74, 6) is -2.15. The van der Waals surface area contributed by atoms with Gasteiger partial charge in [-0.3, -0.25) is 9.59 Å². The molecule has 1 aromatic carbocycles. The number of anilines is 1. The first-order valence-electron chi connectivity index (χ1n) is 5.84. The summed E-state index contributed by atoms with van der Waals surface area (Å²) in [6.07, 6.45) is 1.05. The lowest BCUT2D eigenvalue weighted by atomic mass is 9.91. The SMILES string of the molecule is CC1C(=O)Nc2c(F)cc(C3(C(=O)O)CC3)cc21. The first-order valence-corrected chi connectivity index (χ1v) is 5.84. The standard InChI is InChI=1S/C13H12FNO3/c1-6-8-4-7(13(2-3-13)12(17)18)5-9(14)10(8)15-11(6)16/h4-6H,2-3H2,1H3,(H,15,16)(H,17,18). The molecule has 5 heteroatoms. The number of benzene rings is 1. The minimum Gasteiger partial charge on any atom is -0.481 e. The van der Waals surface area contributed by atoms with E-state index >= 15 is 0 Å². The van der Waals surface area contributed by atoms with Crippen molar-refractivity contribution < 1.29 is 19.1 Å². The largest absolute Gasteiger partial charge is 0.481 e. The molecule has 4 nitrogen and oxygen atoms in total. The zero-order chi connectivity index (χ0) is 13.1. The summed E-state index contributed by atoms with van der Waals surface area (Å²) in [5.41, 5.74) is 0.274. The van der Waals surface area contributed by atoms with E-state index in [-0.39, 0.29) is 11.6 Å². The summed E-state index contributed by atoms with van der Waals surface area (Å²) >= 11 is 0. The van der Waals surface area contributed by atoms with Crippen molar-refractivity contribution in [3.05, 3.63) is 29.1 Å². The molecule has 0 radical (unpaired) electrons. The van der Waals surface area contributed by atoms with Crippen LogP contribution in [0.25, 0.3) is 0 Å². The summed E-state index contributed by atoms with van der Waals surface area (Å²) in [4.78, 5) is 22.7. The van der Waals surface area contributed by atoms with Gasteiger partial charge in [-0.15, -0.1) is 0 Å². The molecule has 0 aromatic heterocycles. The summed E-state index contributed by atoms with van der Waals surface area (Å²) < 4.78 is 13.9. The van der Waals surface area contributed by atoms with Gasteiger partial charge in [0.05, 0.1) is 17.0 Å². The fourth-order valence-corrected chi connectivity index (χ4v) is 2.50. The third-order valence-corrected chi connectivity index (χ3v) is 3.94. The first kappa shape index (κ1) is 11.2. The average molecular weight is 249 g/mol. The lowest BCUT2D eigenvalue weighted by Gasteiger charge is -2.13. The normalized spacial score (nSPS) is 23.4. The number of hydrogen-bond acceptors (Lipinski definition) is 2. The van der Waals surface area contributed by atoms with Crippen LogP contribution in [0.2, 0.25) is 0 Å². The topological polar surface area (TPSA) is 66.4 Å². The maximum atomic E-state index is 13.9. The number of carbonyl (C=O) groups is 2. The van der Waals surface area contributed by atoms with E-state index in [1.54, 1.807) is 13.0 Å². The highest BCUT2D eigenvalue weighted by Crippen LogP contribution is 2.50. The van der Waals surface area contributed by atoms with Crippen molar-refractivity contribution in [3.8, 4) is 0 Å². The minimum absolute atomic E-state index is 0.192. The number of amides is 1. The van der Waals surface area contributed by atoms with Crippen LogP contribution in [0.3, 0.4) is 0 Å². The van der Waals surface area contributed by atoms with Crippen molar-refractivity contribution in [2.24, 2.45) is 0 Å². The van der Waals surface area contributed by atoms with Crippen molar-refractivity contribution >= 4 is 17.6 Å². The maximum absolute atomic E-state index is 13.9. The number of aliphatic carboxylic acids is 1. The molecular weight excluding hydrogens is 237 g/mol. The van der Waals surface area contributed by atoms with Crippen LogP contribution >= 0.6 is 0 Å². The molecule has 18 heavy (non-hydrogen) atoms. The number of carboxylic acid groups (broad SMARTS) is 1. The number of fused-ring (bicyclic) bond motifs is 1. The molecule has 1 heterocycles. The van der Waals surface area contributed by atoms with Gasteiger partial charge in [0.2, 0.25) is 5.91 Å². The number of carboxylic acids is 1. The van der Waals surface area contributed by atoms with Crippen LogP contribution < -0.4 is 5.32 Å². The second kappa shape index (κ2) is 3.31. The Morgan fingerprint density at radius 2 is 2.17 bits per heavy atom. The lowest BCUT2D eigenvalue weighted by Crippen LogP contribution is -2.20. The number of carbonyl (C=O) groups excluding carboxylic acids is 1. The summed E-state index contributed by atoms with van der Waals surface area (Å²) in [6, 6.07) is 2.89. The molecule has 1 fully saturated rings. The van der Waals surface area contributed by atoms with Crippen LogP contribution in [0, 0.1) is 5.82 Å². The van der Waals surface area contributed by atoms with Crippen molar-refractivity contribution in [1.29, 1.82) is 0 Å². The molecule has 0 saturated heterocycles. The Labute approximate surface area is 103 Å². The molecule has 1 amide bonds. The molecule has 1 atom stereocenters. The molecule has 2 N–H and O–H groups in total. The second-order valence-electron chi connectivity index (χ2n) is 5.02.